The predicted molar refractivity (Wildman–Crippen MR) is 87.0 cm³/mol. The first-order chi connectivity index (χ1) is 10.2. The molecule has 0 saturated heterocycles. The molecule has 0 radical (unpaired) electrons. The molecule has 0 saturated carbocycles. The highest BCUT2D eigenvalue weighted by atomic mass is 16.3. The quantitative estimate of drug-likeness (QED) is 0.781. The van der Waals surface area contributed by atoms with Crippen LogP contribution in [0.3, 0.4) is 0 Å². The van der Waals surface area contributed by atoms with Gasteiger partial charge in [-0.25, -0.2) is 0 Å². The molecule has 0 bridgehead atoms. The van der Waals surface area contributed by atoms with Gasteiger partial charge in [0.2, 0.25) is 11.8 Å². The SMILES string of the molecule is CC(NC(=O)C=Cc1ccccc1)C(=O)N(C)CC(C)(C)O. The fourth-order valence-electron chi connectivity index (χ4n) is 2.05. The maximum absolute atomic E-state index is 12.1. The number of nitrogens with one attached hydrogen (secondary N) is 1. The predicted octanol–water partition coefficient (Wildman–Crippen LogP) is 1.43. The van der Waals surface area contributed by atoms with Crippen molar-refractivity contribution in [1.82, 2.24) is 10.2 Å². The summed E-state index contributed by atoms with van der Waals surface area (Å²) in [6.07, 6.45) is 3.09. The lowest BCUT2D eigenvalue weighted by atomic mass is 10.1. The molecule has 1 aromatic rings. The fraction of sp³-hybridized carbons (Fsp3) is 0.412. The normalized spacial score (nSPS) is 13.0. The van der Waals surface area contributed by atoms with Crippen molar-refractivity contribution in [1.29, 1.82) is 0 Å². The molecule has 0 heterocycles. The molecule has 0 spiro atoms. The summed E-state index contributed by atoms with van der Waals surface area (Å²) in [6.45, 7) is 5.08. The van der Waals surface area contributed by atoms with Crippen molar-refractivity contribution in [3.05, 3.63) is 42.0 Å². The maximum atomic E-state index is 12.1. The lowest BCUT2D eigenvalue weighted by molar-refractivity contribution is -0.136. The van der Waals surface area contributed by atoms with Gasteiger partial charge in [-0.05, 0) is 32.4 Å². The molecule has 1 atom stereocenters. The molecule has 0 aliphatic rings. The van der Waals surface area contributed by atoms with Gasteiger partial charge in [0.1, 0.15) is 6.04 Å². The van der Waals surface area contributed by atoms with Gasteiger partial charge in [0.05, 0.1) is 5.60 Å². The van der Waals surface area contributed by atoms with Gasteiger partial charge in [0.15, 0.2) is 0 Å². The van der Waals surface area contributed by atoms with Crippen LogP contribution in [0, 0.1) is 0 Å². The van der Waals surface area contributed by atoms with E-state index in [2.05, 4.69) is 5.32 Å². The van der Waals surface area contributed by atoms with Crippen LogP contribution < -0.4 is 5.32 Å². The van der Waals surface area contributed by atoms with Gasteiger partial charge in [-0.3, -0.25) is 9.59 Å². The molecule has 5 nitrogen and oxygen atoms in total. The van der Waals surface area contributed by atoms with Crippen molar-refractivity contribution in [2.45, 2.75) is 32.4 Å². The van der Waals surface area contributed by atoms with Gasteiger partial charge >= 0.3 is 0 Å². The average Bonchev–Trinajstić information content (AvgIpc) is 2.43. The zero-order valence-electron chi connectivity index (χ0n) is 13.5. The Morgan fingerprint density at radius 1 is 1.32 bits per heavy atom. The second-order valence-electron chi connectivity index (χ2n) is 5.98. The van der Waals surface area contributed by atoms with E-state index < -0.39 is 11.6 Å². The van der Waals surface area contributed by atoms with Crippen LogP contribution in [-0.2, 0) is 9.59 Å². The van der Waals surface area contributed by atoms with Crippen molar-refractivity contribution in [2.75, 3.05) is 13.6 Å². The molecule has 1 unspecified atom stereocenters. The minimum Gasteiger partial charge on any atom is -0.389 e. The molecule has 0 aliphatic carbocycles. The maximum Gasteiger partial charge on any atom is 0.244 e. The molecule has 0 aliphatic heterocycles. The van der Waals surface area contributed by atoms with Crippen molar-refractivity contribution in [3.8, 4) is 0 Å². The first-order valence-electron chi connectivity index (χ1n) is 7.20. The Kier molecular flexibility index (Phi) is 6.31. The van der Waals surface area contributed by atoms with Crippen molar-refractivity contribution in [2.24, 2.45) is 0 Å². The minimum absolute atomic E-state index is 0.200. The lowest BCUT2D eigenvalue weighted by Gasteiger charge is -2.27. The molecule has 1 aromatic carbocycles. The monoisotopic (exact) mass is 304 g/mol. The molecule has 22 heavy (non-hydrogen) atoms. The molecule has 0 aromatic heterocycles. The van der Waals surface area contributed by atoms with Gasteiger partial charge in [-0.15, -0.1) is 0 Å². The first-order valence-corrected chi connectivity index (χ1v) is 7.20. The number of benzene rings is 1. The van der Waals surface area contributed by atoms with Gasteiger partial charge in [0.25, 0.3) is 0 Å². The van der Waals surface area contributed by atoms with Crippen molar-refractivity contribution in [3.63, 3.8) is 0 Å². The summed E-state index contributed by atoms with van der Waals surface area (Å²) in [5.41, 5.74) is -0.0581. The third-order valence-corrected chi connectivity index (χ3v) is 2.96. The first kappa shape index (κ1) is 17.9. The largest absolute Gasteiger partial charge is 0.389 e. The Hall–Kier alpha value is -2.14. The van der Waals surface area contributed by atoms with Crippen molar-refractivity contribution < 1.29 is 14.7 Å². The zero-order valence-corrected chi connectivity index (χ0v) is 13.5. The Labute approximate surface area is 131 Å². The van der Waals surface area contributed by atoms with Gasteiger partial charge < -0.3 is 15.3 Å². The summed E-state index contributed by atoms with van der Waals surface area (Å²) in [5, 5.41) is 12.3. The third kappa shape index (κ3) is 6.54. The zero-order chi connectivity index (χ0) is 16.8. The summed E-state index contributed by atoms with van der Waals surface area (Å²) in [4.78, 5) is 25.3. The van der Waals surface area contributed by atoms with Gasteiger partial charge in [-0.2, -0.15) is 0 Å². The lowest BCUT2D eigenvalue weighted by Crippen LogP contribution is -2.48. The van der Waals surface area contributed by atoms with Crippen LogP contribution in [0.4, 0.5) is 0 Å². The van der Waals surface area contributed by atoms with E-state index in [0.717, 1.165) is 5.56 Å². The average molecular weight is 304 g/mol. The van der Waals surface area contributed by atoms with Crippen LogP contribution >= 0.6 is 0 Å². The molecular weight excluding hydrogens is 280 g/mol. The van der Waals surface area contributed by atoms with E-state index in [1.165, 1.54) is 11.0 Å². The molecule has 2 amide bonds. The summed E-state index contributed by atoms with van der Waals surface area (Å²) >= 11 is 0. The summed E-state index contributed by atoms with van der Waals surface area (Å²) < 4.78 is 0. The molecule has 1 rings (SSSR count). The number of likely N-dealkylation sites (N-methyl/N-ethyl adjacent to an activating group) is 1. The number of aliphatic hydroxyl groups is 1. The summed E-state index contributed by atoms with van der Waals surface area (Å²) in [5.74, 6) is -0.579. The fourth-order valence-corrected chi connectivity index (χ4v) is 2.05. The second-order valence-corrected chi connectivity index (χ2v) is 5.98. The summed E-state index contributed by atoms with van der Waals surface area (Å²) in [7, 11) is 1.60. The minimum atomic E-state index is -0.971. The molecular formula is C17H24N2O3. The van der Waals surface area contributed by atoms with E-state index in [9.17, 15) is 14.7 Å². The van der Waals surface area contributed by atoms with E-state index >= 15 is 0 Å². The Morgan fingerprint density at radius 3 is 2.45 bits per heavy atom. The Morgan fingerprint density at radius 2 is 1.91 bits per heavy atom. The van der Waals surface area contributed by atoms with E-state index in [1.807, 2.05) is 30.3 Å². The molecule has 0 fully saturated rings. The van der Waals surface area contributed by atoms with Gasteiger partial charge in [0, 0.05) is 19.7 Å². The molecule has 2 N–H and O–H groups in total. The van der Waals surface area contributed by atoms with Crippen molar-refractivity contribution >= 4 is 17.9 Å². The number of nitrogens with zero attached hydrogens (tertiary/aromatic N) is 1. The molecule has 120 valence electrons. The van der Waals surface area contributed by atoms with E-state index in [0.29, 0.717) is 0 Å². The summed E-state index contributed by atoms with van der Waals surface area (Å²) in [6, 6.07) is 8.78. The van der Waals surface area contributed by atoms with Gasteiger partial charge in [-0.1, -0.05) is 30.3 Å². The van der Waals surface area contributed by atoms with Crippen LogP contribution in [0.5, 0.6) is 0 Å². The second kappa shape index (κ2) is 7.75. The standard InChI is InChI=1S/C17H24N2O3/c1-13(16(21)19(4)12-17(2,3)22)18-15(20)11-10-14-8-6-5-7-9-14/h5-11,13,22H,12H2,1-4H3,(H,18,20). The number of carbonyl (C=O) groups is 2. The highest BCUT2D eigenvalue weighted by molar-refractivity contribution is 5.95. The highest BCUT2D eigenvalue weighted by Crippen LogP contribution is 2.05. The Balaban J connectivity index is 2.53. The smallest absolute Gasteiger partial charge is 0.244 e. The number of hydrogen-bond acceptors (Lipinski definition) is 3. The number of rotatable bonds is 6. The van der Waals surface area contributed by atoms with E-state index in [1.54, 1.807) is 33.9 Å². The third-order valence-electron chi connectivity index (χ3n) is 2.96. The highest BCUT2D eigenvalue weighted by Gasteiger charge is 2.23. The Bertz CT molecular complexity index is 533. The van der Waals surface area contributed by atoms with Crippen LogP contribution in [0.2, 0.25) is 0 Å². The van der Waals surface area contributed by atoms with Crippen LogP contribution in [-0.4, -0.2) is 47.1 Å². The van der Waals surface area contributed by atoms with Crippen LogP contribution in [0.15, 0.2) is 36.4 Å². The number of hydrogen-bond donors (Lipinski definition) is 2. The van der Waals surface area contributed by atoms with Crippen LogP contribution in [0.1, 0.15) is 26.3 Å². The molecule has 5 heteroatoms. The number of amides is 2. The van der Waals surface area contributed by atoms with Crippen LogP contribution in [0.25, 0.3) is 6.08 Å². The van der Waals surface area contributed by atoms with E-state index in [-0.39, 0.29) is 18.4 Å². The topological polar surface area (TPSA) is 69.6 Å². The van der Waals surface area contributed by atoms with E-state index in [4.69, 9.17) is 0 Å². The number of carbonyl (C=O) groups excluding carboxylic acids is 2.